The molecule has 5 nitrogen and oxygen atoms in total. The Bertz CT molecular complexity index is 373. The van der Waals surface area contributed by atoms with Crippen molar-refractivity contribution >= 4 is 12.0 Å². The van der Waals surface area contributed by atoms with Gasteiger partial charge in [0.1, 0.15) is 0 Å². The lowest BCUT2D eigenvalue weighted by Crippen LogP contribution is -2.49. The van der Waals surface area contributed by atoms with E-state index in [1.807, 2.05) is 6.92 Å². The first-order chi connectivity index (χ1) is 8.55. The summed E-state index contributed by atoms with van der Waals surface area (Å²) in [4.78, 5) is 24.7. The van der Waals surface area contributed by atoms with E-state index in [1.54, 1.807) is 11.8 Å². The number of carbonyl (C=O) groups is 2. The molecule has 0 unspecified atom stereocenters. The molecule has 0 bridgehead atoms. The van der Waals surface area contributed by atoms with Crippen LogP contribution in [-0.2, 0) is 4.79 Å². The third kappa shape index (κ3) is 3.16. The van der Waals surface area contributed by atoms with Gasteiger partial charge >= 0.3 is 12.0 Å². The van der Waals surface area contributed by atoms with Crippen LogP contribution in [0.15, 0.2) is 0 Å². The van der Waals surface area contributed by atoms with Crippen molar-refractivity contribution in [3.05, 3.63) is 0 Å². The van der Waals surface area contributed by atoms with E-state index in [0.717, 1.165) is 0 Å². The molecule has 0 aromatic heterocycles. The third-order valence-electron chi connectivity index (χ3n) is 3.64. The minimum atomic E-state index is -0.748. The van der Waals surface area contributed by atoms with Gasteiger partial charge in [-0.15, -0.1) is 5.92 Å². The molecule has 0 spiro atoms. The Morgan fingerprint density at radius 3 is 2.44 bits per heavy atom. The first-order valence-electron chi connectivity index (χ1n) is 6.21. The van der Waals surface area contributed by atoms with Crippen molar-refractivity contribution in [3.63, 3.8) is 0 Å². The molecule has 0 radical (unpaired) electrons. The summed E-state index contributed by atoms with van der Waals surface area (Å²) in [5, 5.41) is 11.9. The van der Waals surface area contributed by atoms with Crippen molar-refractivity contribution in [1.29, 1.82) is 0 Å². The molecule has 2 N–H and O–H groups in total. The van der Waals surface area contributed by atoms with Crippen LogP contribution in [0.5, 0.6) is 0 Å². The highest BCUT2D eigenvalue weighted by molar-refractivity contribution is 5.77. The van der Waals surface area contributed by atoms with Crippen molar-refractivity contribution in [1.82, 2.24) is 10.2 Å². The predicted molar refractivity (Wildman–Crippen MR) is 68.0 cm³/mol. The van der Waals surface area contributed by atoms with Crippen molar-refractivity contribution in [2.45, 2.75) is 33.1 Å². The lowest BCUT2D eigenvalue weighted by atomic mass is 9.76. The van der Waals surface area contributed by atoms with Gasteiger partial charge in [-0.05, 0) is 26.2 Å². The maximum absolute atomic E-state index is 11.7. The van der Waals surface area contributed by atoms with Crippen LogP contribution in [0.2, 0.25) is 0 Å². The van der Waals surface area contributed by atoms with Crippen LogP contribution in [0, 0.1) is 17.3 Å². The quantitative estimate of drug-likeness (QED) is 0.744. The number of piperidine rings is 1. The van der Waals surface area contributed by atoms with Crippen molar-refractivity contribution in [2.75, 3.05) is 19.6 Å². The van der Waals surface area contributed by atoms with Gasteiger partial charge in [0, 0.05) is 13.1 Å². The zero-order valence-corrected chi connectivity index (χ0v) is 11.0. The van der Waals surface area contributed by atoms with Crippen LogP contribution >= 0.6 is 0 Å². The number of urea groups is 1. The Balaban J connectivity index is 2.49. The Hall–Kier alpha value is -1.70. The molecule has 1 aliphatic heterocycles. The van der Waals surface area contributed by atoms with Gasteiger partial charge in [-0.2, -0.15) is 0 Å². The molecule has 1 fully saturated rings. The molecule has 5 heteroatoms. The van der Waals surface area contributed by atoms with Gasteiger partial charge < -0.3 is 15.3 Å². The summed E-state index contributed by atoms with van der Waals surface area (Å²) in [6.45, 7) is 4.93. The largest absolute Gasteiger partial charge is 0.481 e. The number of carboxylic acid groups (broad SMARTS) is 1. The fraction of sp³-hybridized carbons (Fsp3) is 0.692. The summed E-state index contributed by atoms with van der Waals surface area (Å²) in [5.41, 5.74) is -0.653. The number of nitrogens with one attached hydrogen (secondary N) is 1. The van der Waals surface area contributed by atoms with Crippen molar-refractivity contribution in [3.8, 4) is 11.8 Å². The number of amides is 2. The standard InChI is InChI=1S/C13H20N2O3/c1-3-5-8-14-12(18)15-9-6-13(4-2,7-10-15)11(16)17/h4,6-10H2,1-2H3,(H,14,18)(H,16,17). The normalized spacial score (nSPS) is 17.6. The molecule has 1 rings (SSSR count). The molecule has 2 amide bonds. The molecule has 0 aliphatic carbocycles. The van der Waals surface area contributed by atoms with Gasteiger partial charge in [-0.3, -0.25) is 4.79 Å². The average molecular weight is 252 g/mol. The number of rotatable bonds is 3. The predicted octanol–water partition coefficient (Wildman–Crippen LogP) is 1.30. The van der Waals surface area contributed by atoms with Gasteiger partial charge in [0.25, 0.3) is 0 Å². The first kappa shape index (κ1) is 14.4. The number of nitrogens with zero attached hydrogens (tertiary/aromatic N) is 1. The summed E-state index contributed by atoms with van der Waals surface area (Å²) < 4.78 is 0. The lowest BCUT2D eigenvalue weighted by Gasteiger charge is -2.38. The molecule has 0 saturated carbocycles. The topological polar surface area (TPSA) is 69.6 Å². The smallest absolute Gasteiger partial charge is 0.318 e. The molecular weight excluding hydrogens is 232 g/mol. The number of carbonyl (C=O) groups excluding carboxylic acids is 1. The molecule has 0 aromatic carbocycles. The van der Waals surface area contributed by atoms with Crippen molar-refractivity contribution < 1.29 is 14.7 Å². The summed E-state index contributed by atoms with van der Waals surface area (Å²) in [7, 11) is 0. The van der Waals surface area contributed by atoms with E-state index in [-0.39, 0.29) is 6.03 Å². The zero-order chi connectivity index (χ0) is 13.6. The summed E-state index contributed by atoms with van der Waals surface area (Å²) >= 11 is 0. The second-order valence-electron chi connectivity index (χ2n) is 4.51. The molecule has 100 valence electrons. The second kappa shape index (κ2) is 6.29. The Morgan fingerprint density at radius 1 is 1.39 bits per heavy atom. The number of hydrogen-bond acceptors (Lipinski definition) is 2. The maximum atomic E-state index is 11.7. The van der Waals surface area contributed by atoms with Crippen LogP contribution < -0.4 is 5.32 Å². The summed E-state index contributed by atoms with van der Waals surface area (Å²) in [6.07, 6.45) is 1.65. The lowest BCUT2D eigenvalue weighted by molar-refractivity contribution is -0.151. The molecule has 18 heavy (non-hydrogen) atoms. The number of hydrogen-bond donors (Lipinski definition) is 2. The third-order valence-corrected chi connectivity index (χ3v) is 3.64. The highest BCUT2D eigenvalue weighted by atomic mass is 16.4. The number of carboxylic acids is 1. The zero-order valence-electron chi connectivity index (χ0n) is 11.0. The number of likely N-dealkylation sites (tertiary alicyclic amines) is 1. The minimum Gasteiger partial charge on any atom is -0.481 e. The minimum absolute atomic E-state index is 0.159. The van der Waals surface area contributed by atoms with Gasteiger partial charge in [0.05, 0.1) is 12.0 Å². The average Bonchev–Trinajstić information content (AvgIpc) is 2.38. The van der Waals surface area contributed by atoms with E-state index < -0.39 is 11.4 Å². The number of aliphatic carboxylic acids is 1. The van der Waals surface area contributed by atoms with E-state index >= 15 is 0 Å². The monoisotopic (exact) mass is 252 g/mol. The van der Waals surface area contributed by atoms with Crippen molar-refractivity contribution in [2.24, 2.45) is 5.41 Å². The Labute approximate surface area is 108 Å². The molecule has 0 aromatic rings. The van der Waals surface area contributed by atoms with E-state index in [9.17, 15) is 14.7 Å². The van der Waals surface area contributed by atoms with E-state index in [2.05, 4.69) is 17.2 Å². The van der Waals surface area contributed by atoms with Crippen LogP contribution in [0.4, 0.5) is 4.79 Å². The van der Waals surface area contributed by atoms with Crippen LogP contribution in [0.1, 0.15) is 33.1 Å². The first-order valence-corrected chi connectivity index (χ1v) is 6.21. The molecule has 1 saturated heterocycles. The molecule has 1 aliphatic rings. The fourth-order valence-corrected chi connectivity index (χ4v) is 2.18. The van der Waals surface area contributed by atoms with E-state index in [0.29, 0.717) is 38.9 Å². The van der Waals surface area contributed by atoms with Crippen LogP contribution in [0.25, 0.3) is 0 Å². The van der Waals surface area contributed by atoms with Gasteiger partial charge in [-0.25, -0.2) is 4.79 Å². The highest BCUT2D eigenvalue weighted by Crippen LogP contribution is 2.34. The highest BCUT2D eigenvalue weighted by Gasteiger charge is 2.40. The maximum Gasteiger partial charge on any atom is 0.318 e. The second-order valence-corrected chi connectivity index (χ2v) is 4.51. The van der Waals surface area contributed by atoms with Crippen LogP contribution in [-0.4, -0.2) is 41.6 Å². The Kier molecular flexibility index (Phi) is 5.02. The Morgan fingerprint density at radius 2 is 2.00 bits per heavy atom. The van der Waals surface area contributed by atoms with E-state index in [1.165, 1.54) is 0 Å². The van der Waals surface area contributed by atoms with Gasteiger partial charge in [-0.1, -0.05) is 12.8 Å². The summed E-state index contributed by atoms with van der Waals surface area (Å²) in [6, 6.07) is -0.159. The fourth-order valence-electron chi connectivity index (χ4n) is 2.18. The van der Waals surface area contributed by atoms with Gasteiger partial charge in [0.2, 0.25) is 0 Å². The molecular formula is C13H20N2O3. The SMILES string of the molecule is CC#CCNC(=O)N1CCC(CC)(C(=O)O)CC1. The van der Waals surface area contributed by atoms with E-state index in [4.69, 9.17) is 0 Å². The summed E-state index contributed by atoms with van der Waals surface area (Å²) in [5.74, 6) is 4.72. The molecule has 1 heterocycles. The van der Waals surface area contributed by atoms with Gasteiger partial charge in [0.15, 0.2) is 0 Å². The van der Waals surface area contributed by atoms with Crippen LogP contribution in [0.3, 0.4) is 0 Å². The molecule has 0 atom stereocenters.